The summed E-state index contributed by atoms with van der Waals surface area (Å²) in [6.07, 6.45) is 0. The first-order valence-electron chi connectivity index (χ1n) is 5.30. The minimum absolute atomic E-state index is 0.0694. The number of aromatic nitrogens is 1. The van der Waals surface area contributed by atoms with Gasteiger partial charge in [0.25, 0.3) is 5.91 Å². The molecule has 0 atom stereocenters. The summed E-state index contributed by atoms with van der Waals surface area (Å²) in [4.78, 5) is 15.4. The van der Waals surface area contributed by atoms with Crippen LogP contribution in [0.2, 0.25) is 0 Å². The molecule has 7 heteroatoms. The molecule has 0 unspecified atom stereocenters. The molecule has 1 N–H and O–H groups in total. The second-order valence-electron chi connectivity index (χ2n) is 3.65. The van der Waals surface area contributed by atoms with Crippen LogP contribution in [-0.2, 0) is 9.53 Å². The Morgan fingerprint density at radius 3 is 2.89 bits per heavy atom. The number of methoxy groups -OCH3 is 1. The van der Waals surface area contributed by atoms with E-state index in [-0.39, 0.29) is 12.5 Å². The van der Waals surface area contributed by atoms with Crippen molar-refractivity contribution in [3.63, 3.8) is 0 Å². The first kappa shape index (κ1) is 13.6. The number of benzene rings is 1. The molecule has 0 aliphatic heterocycles. The lowest BCUT2D eigenvalue weighted by Crippen LogP contribution is -2.16. The maximum absolute atomic E-state index is 13.1. The number of halogens is 2. The van der Waals surface area contributed by atoms with Crippen molar-refractivity contribution in [2.45, 2.75) is 0 Å². The van der Waals surface area contributed by atoms with Crippen LogP contribution in [0.4, 0.5) is 13.9 Å². The van der Waals surface area contributed by atoms with E-state index in [1.165, 1.54) is 24.5 Å². The third-order valence-corrected chi connectivity index (χ3v) is 3.00. The van der Waals surface area contributed by atoms with Gasteiger partial charge in [-0.25, -0.2) is 13.8 Å². The number of amides is 1. The van der Waals surface area contributed by atoms with Crippen molar-refractivity contribution >= 4 is 22.4 Å². The maximum atomic E-state index is 13.1. The van der Waals surface area contributed by atoms with Gasteiger partial charge in [0, 0.05) is 18.1 Å². The van der Waals surface area contributed by atoms with Crippen LogP contribution in [0, 0.1) is 11.6 Å². The second-order valence-corrected chi connectivity index (χ2v) is 4.51. The number of hydrogen-bond donors (Lipinski definition) is 1. The normalized spacial score (nSPS) is 10.5. The molecule has 0 radical (unpaired) electrons. The minimum atomic E-state index is -0.935. The van der Waals surface area contributed by atoms with Crippen LogP contribution in [-0.4, -0.2) is 24.6 Å². The van der Waals surface area contributed by atoms with E-state index in [9.17, 15) is 13.6 Å². The zero-order valence-corrected chi connectivity index (χ0v) is 10.8. The van der Waals surface area contributed by atoms with Gasteiger partial charge >= 0.3 is 0 Å². The zero-order chi connectivity index (χ0) is 13.8. The summed E-state index contributed by atoms with van der Waals surface area (Å²) < 4.78 is 30.6. The molecule has 1 amide bonds. The zero-order valence-electron chi connectivity index (χ0n) is 9.94. The van der Waals surface area contributed by atoms with E-state index in [1.54, 1.807) is 5.38 Å². The van der Waals surface area contributed by atoms with Crippen LogP contribution in [0.15, 0.2) is 23.6 Å². The maximum Gasteiger partial charge on any atom is 0.252 e. The van der Waals surface area contributed by atoms with Gasteiger partial charge in [0.1, 0.15) is 6.61 Å². The molecule has 1 aromatic heterocycles. The number of nitrogens with one attached hydrogen (secondary N) is 1. The SMILES string of the molecule is COCC(=O)Nc1nc(-c2ccc(F)c(F)c2)cs1. The van der Waals surface area contributed by atoms with Gasteiger partial charge in [-0.15, -0.1) is 11.3 Å². The Labute approximate surface area is 112 Å². The molecule has 0 spiro atoms. The molecule has 0 saturated heterocycles. The summed E-state index contributed by atoms with van der Waals surface area (Å²) in [6.45, 7) is -0.0694. The monoisotopic (exact) mass is 284 g/mol. The van der Waals surface area contributed by atoms with Crippen LogP contribution in [0.3, 0.4) is 0 Å². The summed E-state index contributed by atoms with van der Waals surface area (Å²) >= 11 is 1.19. The number of carbonyl (C=O) groups is 1. The van der Waals surface area contributed by atoms with Crippen molar-refractivity contribution in [3.05, 3.63) is 35.2 Å². The van der Waals surface area contributed by atoms with Crippen molar-refractivity contribution in [3.8, 4) is 11.3 Å². The Kier molecular flexibility index (Phi) is 4.18. The Balaban J connectivity index is 2.16. The highest BCUT2D eigenvalue weighted by atomic mass is 32.1. The van der Waals surface area contributed by atoms with E-state index in [1.807, 2.05) is 0 Å². The third kappa shape index (κ3) is 3.33. The second kappa shape index (κ2) is 5.85. The minimum Gasteiger partial charge on any atom is -0.375 e. The van der Waals surface area contributed by atoms with Crippen molar-refractivity contribution in [1.29, 1.82) is 0 Å². The van der Waals surface area contributed by atoms with Gasteiger partial charge in [-0.3, -0.25) is 10.1 Å². The molecule has 2 aromatic rings. The first-order valence-corrected chi connectivity index (χ1v) is 6.18. The van der Waals surface area contributed by atoms with Crippen molar-refractivity contribution < 1.29 is 18.3 Å². The Hall–Kier alpha value is -1.86. The van der Waals surface area contributed by atoms with Crippen LogP contribution in [0.25, 0.3) is 11.3 Å². The largest absolute Gasteiger partial charge is 0.375 e. The number of nitrogens with zero attached hydrogens (tertiary/aromatic N) is 1. The van der Waals surface area contributed by atoms with Gasteiger partial charge in [-0.1, -0.05) is 0 Å². The van der Waals surface area contributed by atoms with Gasteiger partial charge in [0.2, 0.25) is 0 Å². The number of ether oxygens (including phenoxy) is 1. The molecular weight excluding hydrogens is 274 g/mol. The van der Waals surface area contributed by atoms with Gasteiger partial charge in [-0.05, 0) is 18.2 Å². The summed E-state index contributed by atoms with van der Waals surface area (Å²) in [7, 11) is 1.41. The van der Waals surface area contributed by atoms with Crippen LogP contribution >= 0.6 is 11.3 Å². The van der Waals surface area contributed by atoms with E-state index in [0.29, 0.717) is 16.4 Å². The molecule has 19 heavy (non-hydrogen) atoms. The molecule has 100 valence electrons. The number of carbonyl (C=O) groups excluding carboxylic acids is 1. The molecule has 0 saturated carbocycles. The number of hydrogen-bond acceptors (Lipinski definition) is 4. The highest BCUT2D eigenvalue weighted by molar-refractivity contribution is 7.14. The van der Waals surface area contributed by atoms with Crippen LogP contribution in [0.5, 0.6) is 0 Å². The molecule has 2 rings (SSSR count). The average molecular weight is 284 g/mol. The first-order chi connectivity index (χ1) is 9.10. The molecule has 1 aromatic carbocycles. The smallest absolute Gasteiger partial charge is 0.252 e. The summed E-state index contributed by atoms with van der Waals surface area (Å²) in [5, 5.41) is 4.56. The average Bonchev–Trinajstić information content (AvgIpc) is 2.81. The lowest BCUT2D eigenvalue weighted by Gasteiger charge is -2.00. The van der Waals surface area contributed by atoms with E-state index in [2.05, 4.69) is 15.0 Å². The van der Waals surface area contributed by atoms with Crippen molar-refractivity contribution in [2.75, 3.05) is 19.0 Å². The highest BCUT2D eigenvalue weighted by Crippen LogP contribution is 2.25. The topological polar surface area (TPSA) is 51.2 Å². The fraction of sp³-hybridized carbons (Fsp3) is 0.167. The van der Waals surface area contributed by atoms with Gasteiger partial charge in [-0.2, -0.15) is 0 Å². The molecule has 0 aliphatic rings. The molecule has 0 bridgehead atoms. The van der Waals surface area contributed by atoms with E-state index in [0.717, 1.165) is 12.1 Å². The van der Waals surface area contributed by atoms with E-state index in [4.69, 9.17) is 0 Å². The quantitative estimate of drug-likeness (QED) is 0.939. The molecule has 0 aliphatic carbocycles. The molecule has 4 nitrogen and oxygen atoms in total. The highest BCUT2D eigenvalue weighted by Gasteiger charge is 2.10. The molecular formula is C12H10F2N2O2S. The lowest BCUT2D eigenvalue weighted by atomic mass is 10.2. The van der Waals surface area contributed by atoms with Crippen LogP contribution in [0.1, 0.15) is 0 Å². The predicted molar refractivity (Wildman–Crippen MR) is 68.0 cm³/mol. The number of thiazole rings is 1. The predicted octanol–water partition coefficient (Wildman–Crippen LogP) is 2.67. The number of anilines is 1. The van der Waals surface area contributed by atoms with Gasteiger partial charge < -0.3 is 4.74 Å². The lowest BCUT2D eigenvalue weighted by molar-refractivity contribution is -0.119. The van der Waals surface area contributed by atoms with E-state index >= 15 is 0 Å². The third-order valence-electron chi connectivity index (χ3n) is 2.24. The summed E-state index contributed by atoms with van der Waals surface area (Å²) in [5.74, 6) is -2.17. The Bertz CT molecular complexity index is 601. The standard InChI is InChI=1S/C12H10F2N2O2S/c1-18-5-11(17)16-12-15-10(6-19-12)7-2-3-8(13)9(14)4-7/h2-4,6H,5H2,1H3,(H,15,16,17). The fourth-order valence-electron chi connectivity index (χ4n) is 1.41. The van der Waals surface area contributed by atoms with Gasteiger partial charge in [0.05, 0.1) is 5.69 Å². The fourth-order valence-corrected chi connectivity index (χ4v) is 2.14. The van der Waals surface area contributed by atoms with Crippen LogP contribution < -0.4 is 5.32 Å². The number of rotatable bonds is 4. The van der Waals surface area contributed by atoms with Crippen molar-refractivity contribution in [1.82, 2.24) is 4.98 Å². The summed E-state index contributed by atoms with van der Waals surface area (Å²) in [6, 6.07) is 3.52. The Morgan fingerprint density at radius 2 is 2.21 bits per heavy atom. The molecule has 0 fully saturated rings. The molecule has 1 heterocycles. The van der Waals surface area contributed by atoms with E-state index < -0.39 is 11.6 Å². The van der Waals surface area contributed by atoms with Gasteiger partial charge in [0.15, 0.2) is 16.8 Å². The summed E-state index contributed by atoms with van der Waals surface area (Å²) in [5.41, 5.74) is 0.916. The Morgan fingerprint density at radius 1 is 1.42 bits per heavy atom. The van der Waals surface area contributed by atoms with Crippen molar-refractivity contribution in [2.24, 2.45) is 0 Å².